The van der Waals surface area contributed by atoms with Crippen LogP contribution in [0.2, 0.25) is 0 Å². The highest BCUT2D eigenvalue weighted by Crippen LogP contribution is 2.22. The minimum absolute atomic E-state index is 0.432. The van der Waals surface area contributed by atoms with E-state index in [0.29, 0.717) is 0 Å². The van der Waals surface area contributed by atoms with Gasteiger partial charge in [0.25, 0.3) is 0 Å². The van der Waals surface area contributed by atoms with Crippen molar-refractivity contribution >= 4 is 10.1 Å². The number of hydrogen-bond acceptors (Lipinski definition) is 4. The smallest absolute Gasteiger partial charge is 0.339 e. The molecule has 0 unspecified atom stereocenters. The molecule has 0 spiro atoms. The molecule has 0 atom stereocenters. The summed E-state index contributed by atoms with van der Waals surface area (Å²) in [7, 11) is -4.34. The third-order valence-corrected chi connectivity index (χ3v) is 3.61. The van der Waals surface area contributed by atoms with E-state index in [1.807, 2.05) is 0 Å². The molecule has 0 aliphatic rings. The molecule has 0 aliphatic carbocycles. The van der Waals surface area contributed by atoms with Crippen LogP contribution in [0.3, 0.4) is 0 Å². The van der Waals surface area contributed by atoms with Crippen molar-refractivity contribution in [2.45, 2.75) is 4.90 Å². The number of hydrogen-bond donors (Lipinski definition) is 0. The summed E-state index contributed by atoms with van der Waals surface area (Å²) < 4.78 is 54.9. The largest absolute Gasteiger partial charge is 0.376 e. The zero-order valence-corrected chi connectivity index (χ0v) is 10.7. The van der Waals surface area contributed by atoms with E-state index in [2.05, 4.69) is 4.18 Å². The molecule has 0 amide bonds. The molecule has 2 aromatic carbocycles. The standard InChI is InChI=1S/C13H7F2NO3S/c14-11-6-5-10(7-9(11)8-16)20(17,18)19-13-4-2-1-3-12(13)15/h1-7H. The van der Waals surface area contributed by atoms with Gasteiger partial charge in [0.15, 0.2) is 11.6 Å². The first-order valence-electron chi connectivity index (χ1n) is 5.33. The van der Waals surface area contributed by atoms with Gasteiger partial charge in [-0.2, -0.15) is 13.7 Å². The third-order valence-electron chi connectivity index (χ3n) is 2.38. The van der Waals surface area contributed by atoms with E-state index >= 15 is 0 Å². The Labute approximate surface area is 114 Å². The highest BCUT2D eigenvalue weighted by atomic mass is 32.2. The van der Waals surface area contributed by atoms with Crippen LogP contribution in [0, 0.1) is 23.0 Å². The second kappa shape index (κ2) is 5.27. The van der Waals surface area contributed by atoms with Gasteiger partial charge in [0.2, 0.25) is 0 Å². The molecule has 0 fully saturated rings. The number of para-hydroxylation sites is 1. The first-order valence-corrected chi connectivity index (χ1v) is 6.73. The second-order valence-electron chi connectivity index (χ2n) is 3.72. The fraction of sp³-hybridized carbons (Fsp3) is 0. The molecule has 102 valence electrons. The Kier molecular flexibility index (Phi) is 3.68. The van der Waals surface area contributed by atoms with Crippen LogP contribution >= 0.6 is 0 Å². The minimum Gasteiger partial charge on any atom is -0.376 e. The summed E-state index contributed by atoms with van der Waals surface area (Å²) in [6, 6.07) is 9.06. The lowest BCUT2D eigenvalue weighted by Crippen LogP contribution is -2.11. The zero-order chi connectivity index (χ0) is 14.8. The monoisotopic (exact) mass is 295 g/mol. The minimum atomic E-state index is -4.34. The van der Waals surface area contributed by atoms with Gasteiger partial charge in [-0.15, -0.1) is 0 Å². The van der Waals surface area contributed by atoms with E-state index < -0.39 is 38.0 Å². The van der Waals surface area contributed by atoms with Gasteiger partial charge in [-0.25, -0.2) is 8.78 Å². The normalized spacial score (nSPS) is 10.8. The number of nitriles is 1. The van der Waals surface area contributed by atoms with Crippen molar-refractivity contribution < 1.29 is 21.4 Å². The number of nitrogens with zero attached hydrogens (tertiary/aromatic N) is 1. The Morgan fingerprint density at radius 1 is 1.05 bits per heavy atom. The van der Waals surface area contributed by atoms with Gasteiger partial charge >= 0.3 is 10.1 Å². The predicted octanol–water partition coefficient (Wildman–Crippen LogP) is 2.60. The van der Waals surface area contributed by atoms with Crippen molar-refractivity contribution in [3.63, 3.8) is 0 Å². The number of halogens is 2. The molecule has 0 N–H and O–H groups in total. The molecule has 0 radical (unpaired) electrons. The topological polar surface area (TPSA) is 67.2 Å². The highest BCUT2D eigenvalue weighted by molar-refractivity contribution is 7.87. The summed E-state index contributed by atoms with van der Waals surface area (Å²) in [6.45, 7) is 0. The lowest BCUT2D eigenvalue weighted by atomic mass is 10.2. The fourth-order valence-electron chi connectivity index (χ4n) is 1.42. The predicted molar refractivity (Wildman–Crippen MR) is 65.3 cm³/mol. The van der Waals surface area contributed by atoms with E-state index in [9.17, 15) is 17.2 Å². The van der Waals surface area contributed by atoms with Crippen molar-refractivity contribution in [2.24, 2.45) is 0 Å². The summed E-state index contributed by atoms with van der Waals surface area (Å²) in [5.74, 6) is -2.17. The average molecular weight is 295 g/mol. The Morgan fingerprint density at radius 2 is 1.75 bits per heavy atom. The Morgan fingerprint density at radius 3 is 2.40 bits per heavy atom. The maximum absolute atomic E-state index is 13.3. The number of benzene rings is 2. The molecule has 0 bridgehead atoms. The van der Waals surface area contributed by atoms with E-state index in [-0.39, 0.29) is 0 Å². The third kappa shape index (κ3) is 2.75. The van der Waals surface area contributed by atoms with Crippen molar-refractivity contribution in [2.75, 3.05) is 0 Å². The molecule has 20 heavy (non-hydrogen) atoms. The Bertz CT molecular complexity index is 798. The van der Waals surface area contributed by atoms with E-state index in [1.165, 1.54) is 18.2 Å². The second-order valence-corrected chi connectivity index (χ2v) is 5.27. The molecular weight excluding hydrogens is 288 g/mol. The quantitative estimate of drug-likeness (QED) is 0.816. The molecule has 2 aromatic rings. The van der Waals surface area contributed by atoms with Gasteiger partial charge in [0.05, 0.1) is 5.56 Å². The van der Waals surface area contributed by atoms with Crippen LogP contribution in [0.1, 0.15) is 5.56 Å². The van der Waals surface area contributed by atoms with Gasteiger partial charge in [-0.05, 0) is 30.3 Å². The first kappa shape index (κ1) is 14.0. The maximum Gasteiger partial charge on any atom is 0.339 e. The van der Waals surface area contributed by atoms with E-state index in [1.54, 1.807) is 0 Å². The first-order chi connectivity index (χ1) is 9.44. The van der Waals surface area contributed by atoms with Gasteiger partial charge in [0, 0.05) is 0 Å². The summed E-state index contributed by atoms with van der Waals surface area (Å²) in [5, 5.41) is 8.66. The Balaban J connectivity index is 2.42. The maximum atomic E-state index is 13.3. The zero-order valence-electron chi connectivity index (χ0n) is 9.88. The van der Waals surface area contributed by atoms with Crippen LogP contribution < -0.4 is 4.18 Å². The van der Waals surface area contributed by atoms with E-state index in [4.69, 9.17) is 5.26 Å². The lowest BCUT2D eigenvalue weighted by Gasteiger charge is -2.08. The van der Waals surface area contributed by atoms with Gasteiger partial charge < -0.3 is 4.18 Å². The molecule has 2 rings (SSSR count). The van der Waals surface area contributed by atoms with Crippen molar-refractivity contribution in [1.29, 1.82) is 5.26 Å². The summed E-state index contributed by atoms with van der Waals surface area (Å²) >= 11 is 0. The van der Waals surface area contributed by atoms with Crippen molar-refractivity contribution in [1.82, 2.24) is 0 Å². The molecule has 0 saturated heterocycles. The molecule has 7 heteroatoms. The molecule has 0 heterocycles. The fourth-order valence-corrected chi connectivity index (χ4v) is 2.39. The summed E-state index contributed by atoms with van der Waals surface area (Å²) in [5.41, 5.74) is -0.441. The molecule has 0 saturated carbocycles. The summed E-state index contributed by atoms with van der Waals surface area (Å²) in [4.78, 5) is -0.432. The summed E-state index contributed by atoms with van der Waals surface area (Å²) in [6.07, 6.45) is 0. The molecule has 4 nitrogen and oxygen atoms in total. The average Bonchev–Trinajstić information content (AvgIpc) is 2.41. The molecular formula is C13H7F2NO3S. The molecule has 0 aliphatic heterocycles. The van der Waals surface area contributed by atoms with E-state index in [0.717, 1.165) is 30.3 Å². The van der Waals surface area contributed by atoms with Crippen LogP contribution in [0.15, 0.2) is 47.4 Å². The van der Waals surface area contributed by atoms with Crippen LogP contribution in [-0.2, 0) is 10.1 Å². The van der Waals surface area contributed by atoms with Crippen LogP contribution in [0.4, 0.5) is 8.78 Å². The van der Waals surface area contributed by atoms with Gasteiger partial charge in [0.1, 0.15) is 16.8 Å². The highest BCUT2D eigenvalue weighted by Gasteiger charge is 2.20. The van der Waals surface area contributed by atoms with Crippen LogP contribution in [0.5, 0.6) is 5.75 Å². The molecule has 0 aromatic heterocycles. The van der Waals surface area contributed by atoms with Gasteiger partial charge in [-0.3, -0.25) is 0 Å². The SMILES string of the molecule is N#Cc1cc(S(=O)(=O)Oc2ccccc2F)ccc1F. The van der Waals surface area contributed by atoms with Crippen molar-refractivity contribution in [3.05, 3.63) is 59.7 Å². The van der Waals surface area contributed by atoms with Gasteiger partial charge in [-0.1, -0.05) is 12.1 Å². The lowest BCUT2D eigenvalue weighted by molar-refractivity contribution is 0.461. The van der Waals surface area contributed by atoms with Crippen LogP contribution in [-0.4, -0.2) is 8.42 Å². The van der Waals surface area contributed by atoms with Crippen LogP contribution in [0.25, 0.3) is 0 Å². The Hall–Kier alpha value is -2.46. The van der Waals surface area contributed by atoms with Crippen molar-refractivity contribution in [3.8, 4) is 11.8 Å². The number of rotatable bonds is 3.